The molecular weight excluding hydrogens is 286 g/mol. The molecule has 1 aromatic heterocycles. The Labute approximate surface area is 127 Å². The van der Waals surface area contributed by atoms with Crippen LogP contribution in [0.4, 0.5) is 11.4 Å². The van der Waals surface area contributed by atoms with Gasteiger partial charge in [0.05, 0.1) is 4.92 Å². The summed E-state index contributed by atoms with van der Waals surface area (Å²) < 4.78 is 0. The Morgan fingerprint density at radius 3 is 2.71 bits per heavy atom. The minimum absolute atomic E-state index is 0.127. The van der Waals surface area contributed by atoms with E-state index in [9.17, 15) is 10.1 Å². The van der Waals surface area contributed by atoms with E-state index >= 15 is 0 Å². The maximum atomic E-state index is 10.9. The van der Waals surface area contributed by atoms with Gasteiger partial charge in [-0.1, -0.05) is 6.92 Å². The molecule has 0 amide bonds. The molecule has 0 saturated carbocycles. The zero-order valence-electron chi connectivity index (χ0n) is 11.8. The van der Waals surface area contributed by atoms with Crippen molar-refractivity contribution >= 4 is 23.1 Å². The number of aromatic nitrogens is 1. The van der Waals surface area contributed by atoms with Gasteiger partial charge in [-0.3, -0.25) is 15.1 Å². The first kappa shape index (κ1) is 15.3. The molecule has 0 bridgehead atoms. The Balaban J connectivity index is 2.17. The standard InChI is InChI=1S/C15H17N3O2S/c1-2-7-17-15-4-3-13(18(19)20)10-12(15)11-21-14-5-8-16-9-6-14/h3-6,8-10,17H,2,7,11H2,1H3. The predicted octanol–water partition coefficient (Wildman–Crippen LogP) is 4.10. The maximum Gasteiger partial charge on any atom is 0.269 e. The van der Waals surface area contributed by atoms with Crippen LogP contribution in [0.3, 0.4) is 0 Å². The topological polar surface area (TPSA) is 68.1 Å². The lowest BCUT2D eigenvalue weighted by atomic mass is 10.1. The molecule has 0 aliphatic heterocycles. The highest BCUT2D eigenvalue weighted by molar-refractivity contribution is 7.98. The first-order valence-corrected chi connectivity index (χ1v) is 7.73. The molecule has 0 atom stereocenters. The molecular formula is C15H17N3O2S. The van der Waals surface area contributed by atoms with Gasteiger partial charge in [0, 0.05) is 47.4 Å². The fraction of sp³-hybridized carbons (Fsp3) is 0.267. The van der Waals surface area contributed by atoms with Crippen molar-refractivity contribution in [1.82, 2.24) is 4.98 Å². The summed E-state index contributed by atoms with van der Waals surface area (Å²) in [5.74, 6) is 0.678. The van der Waals surface area contributed by atoms with Crippen LogP contribution in [-0.4, -0.2) is 16.5 Å². The summed E-state index contributed by atoms with van der Waals surface area (Å²) in [6.45, 7) is 2.94. The lowest BCUT2D eigenvalue weighted by molar-refractivity contribution is -0.384. The maximum absolute atomic E-state index is 10.9. The van der Waals surface area contributed by atoms with Crippen molar-refractivity contribution in [2.75, 3.05) is 11.9 Å². The number of thioether (sulfide) groups is 1. The zero-order chi connectivity index (χ0) is 15.1. The average molecular weight is 303 g/mol. The number of nitrogens with one attached hydrogen (secondary N) is 1. The van der Waals surface area contributed by atoms with Crippen LogP contribution in [-0.2, 0) is 5.75 Å². The van der Waals surface area contributed by atoms with Crippen LogP contribution in [0.5, 0.6) is 0 Å². The molecule has 2 rings (SSSR count). The molecule has 0 saturated heterocycles. The van der Waals surface area contributed by atoms with Gasteiger partial charge < -0.3 is 5.32 Å². The molecule has 0 aliphatic carbocycles. The number of rotatable bonds is 7. The van der Waals surface area contributed by atoms with E-state index in [2.05, 4.69) is 17.2 Å². The van der Waals surface area contributed by atoms with Gasteiger partial charge in [-0.15, -0.1) is 11.8 Å². The third-order valence-electron chi connectivity index (χ3n) is 2.91. The molecule has 0 fully saturated rings. The summed E-state index contributed by atoms with van der Waals surface area (Å²) in [7, 11) is 0. The monoisotopic (exact) mass is 303 g/mol. The average Bonchev–Trinajstić information content (AvgIpc) is 2.52. The Kier molecular flexibility index (Phi) is 5.57. The second-order valence-electron chi connectivity index (χ2n) is 4.50. The summed E-state index contributed by atoms with van der Waals surface area (Å²) in [5.41, 5.74) is 2.03. The summed E-state index contributed by atoms with van der Waals surface area (Å²) in [6, 6.07) is 8.84. The smallest absolute Gasteiger partial charge is 0.269 e. The second-order valence-corrected chi connectivity index (χ2v) is 5.55. The Morgan fingerprint density at radius 1 is 1.29 bits per heavy atom. The van der Waals surface area contributed by atoms with E-state index in [-0.39, 0.29) is 10.6 Å². The Hall–Kier alpha value is -2.08. The molecule has 1 aromatic carbocycles. The summed E-state index contributed by atoms with van der Waals surface area (Å²) in [5, 5.41) is 14.2. The van der Waals surface area contributed by atoms with E-state index < -0.39 is 0 Å². The van der Waals surface area contributed by atoms with E-state index in [1.54, 1.807) is 42.4 Å². The first-order valence-electron chi connectivity index (χ1n) is 6.74. The SMILES string of the molecule is CCCNc1ccc([N+](=O)[O-])cc1CSc1ccncc1. The molecule has 5 nitrogen and oxygen atoms in total. The van der Waals surface area contributed by atoms with Gasteiger partial charge in [-0.2, -0.15) is 0 Å². The minimum atomic E-state index is -0.357. The van der Waals surface area contributed by atoms with Crippen molar-refractivity contribution in [1.29, 1.82) is 0 Å². The highest BCUT2D eigenvalue weighted by Crippen LogP contribution is 2.29. The number of nitro benzene ring substituents is 1. The molecule has 110 valence electrons. The van der Waals surface area contributed by atoms with Crippen LogP contribution in [0.25, 0.3) is 0 Å². The molecule has 0 unspecified atom stereocenters. The van der Waals surface area contributed by atoms with E-state index in [0.29, 0.717) is 5.75 Å². The van der Waals surface area contributed by atoms with Crippen molar-refractivity contribution < 1.29 is 4.92 Å². The summed E-state index contributed by atoms with van der Waals surface area (Å²) in [6.07, 6.45) is 4.49. The molecule has 1 heterocycles. The molecule has 1 N–H and O–H groups in total. The number of non-ortho nitro benzene ring substituents is 1. The fourth-order valence-corrected chi connectivity index (χ4v) is 2.72. The van der Waals surface area contributed by atoms with Crippen LogP contribution in [0.1, 0.15) is 18.9 Å². The minimum Gasteiger partial charge on any atom is -0.385 e. The molecule has 2 aromatic rings. The number of anilines is 1. The fourth-order valence-electron chi connectivity index (χ4n) is 1.84. The number of hydrogen-bond donors (Lipinski definition) is 1. The van der Waals surface area contributed by atoms with Gasteiger partial charge in [-0.05, 0) is 30.2 Å². The van der Waals surface area contributed by atoms with E-state index in [4.69, 9.17) is 0 Å². The highest BCUT2D eigenvalue weighted by atomic mass is 32.2. The molecule has 0 radical (unpaired) electrons. The largest absolute Gasteiger partial charge is 0.385 e. The van der Waals surface area contributed by atoms with Crippen LogP contribution >= 0.6 is 11.8 Å². The predicted molar refractivity (Wildman–Crippen MR) is 85.7 cm³/mol. The van der Waals surface area contributed by atoms with Crippen molar-refractivity contribution in [3.8, 4) is 0 Å². The van der Waals surface area contributed by atoms with Crippen LogP contribution in [0, 0.1) is 10.1 Å². The Bertz CT molecular complexity index is 605. The van der Waals surface area contributed by atoms with Crippen molar-refractivity contribution in [3.05, 3.63) is 58.4 Å². The lowest BCUT2D eigenvalue weighted by Gasteiger charge is -2.11. The Morgan fingerprint density at radius 2 is 2.05 bits per heavy atom. The number of hydrogen-bond acceptors (Lipinski definition) is 5. The van der Waals surface area contributed by atoms with Gasteiger partial charge in [0.2, 0.25) is 0 Å². The van der Waals surface area contributed by atoms with E-state index in [0.717, 1.165) is 29.1 Å². The van der Waals surface area contributed by atoms with Gasteiger partial charge in [0.15, 0.2) is 0 Å². The van der Waals surface area contributed by atoms with Crippen molar-refractivity contribution in [3.63, 3.8) is 0 Å². The number of nitro groups is 1. The van der Waals surface area contributed by atoms with Gasteiger partial charge >= 0.3 is 0 Å². The second kappa shape index (κ2) is 7.64. The highest BCUT2D eigenvalue weighted by Gasteiger charge is 2.11. The molecule has 0 spiro atoms. The first-order chi connectivity index (χ1) is 10.2. The van der Waals surface area contributed by atoms with Gasteiger partial charge in [0.1, 0.15) is 0 Å². The van der Waals surface area contributed by atoms with Gasteiger partial charge in [0.25, 0.3) is 5.69 Å². The zero-order valence-corrected chi connectivity index (χ0v) is 12.6. The number of benzene rings is 1. The molecule has 0 aliphatic rings. The summed E-state index contributed by atoms with van der Waals surface area (Å²) >= 11 is 1.64. The third kappa shape index (κ3) is 4.46. The van der Waals surface area contributed by atoms with Crippen LogP contribution < -0.4 is 5.32 Å². The quantitative estimate of drug-likeness (QED) is 0.474. The molecule has 6 heteroatoms. The number of nitrogens with zero attached hydrogens (tertiary/aromatic N) is 2. The van der Waals surface area contributed by atoms with Gasteiger partial charge in [-0.25, -0.2) is 0 Å². The van der Waals surface area contributed by atoms with Crippen molar-refractivity contribution in [2.45, 2.75) is 24.0 Å². The van der Waals surface area contributed by atoms with Crippen LogP contribution in [0.15, 0.2) is 47.6 Å². The summed E-state index contributed by atoms with van der Waals surface area (Å²) in [4.78, 5) is 15.6. The van der Waals surface area contributed by atoms with Crippen LogP contribution in [0.2, 0.25) is 0 Å². The number of pyridine rings is 1. The van der Waals surface area contributed by atoms with E-state index in [1.807, 2.05) is 12.1 Å². The van der Waals surface area contributed by atoms with E-state index in [1.165, 1.54) is 0 Å². The third-order valence-corrected chi connectivity index (χ3v) is 3.97. The lowest BCUT2D eigenvalue weighted by Crippen LogP contribution is -2.03. The molecule has 21 heavy (non-hydrogen) atoms. The van der Waals surface area contributed by atoms with Crippen molar-refractivity contribution in [2.24, 2.45) is 0 Å². The normalized spacial score (nSPS) is 10.3.